The lowest BCUT2D eigenvalue weighted by Crippen LogP contribution is -2.53. The van der Waals surface area contributed by atoms with Crippen LogP contribution in [0.2, 0.25) is 5.02 Å². The van der Waals surface area contributed by atoms with E-state index in [4.69, 9.17) is 11.6 Å². The van der Waals surface area contributed by atoms with Crippen molar-refractivity contribution in [3.8, 4) is 0 Å². The van der Waals surface area contributed by atoms with E-state index in [0.29, 0.717) is 29.2 Å². The van der Waals surface area contributed by atoms with Gasteiger partial charge in [-0.2, -0.15) is 0 Å². The lowest BCUT2D eigenvalue weighted by Gasteiger charge is -2.33. The minimum atomic E-state index is -0.788. The Kier molecular flexibility index (Phi) is 8.17. The number of rotatable bonds is 10. The lowest BCUT2D eigenvalue weighted by atomic mass is 10.0. The van der Waals surface area contributed by atoms with Crippen molar-refractivity contribution in [2.75, 3.05) is 18.0 Å². The first kappa shape index (κ1) is 27.4. The van der Waals surface area contributed by atoms with E-state index in [0.717, 1.165) is 21.9 Å². The van der Waals surface area contributed by atoms with E-state index < -0.39 is 6.04 Å². The van der Waals surface area contributed by atoms with Gasteiger partial charge in [0, 0.05) is 35.5 Å². The molecule has 1 heterocycles. The van der Waals surface area contributed by atoms with Crippen LogP contribution in [-0.4, -0.2) is 41.8 Å². The predicted octanol–water partition coefficient (Wildman–Crippen LogP) is 5.87. The highest BCUT2D eigenvalue weighted by molar-refractivity contribution is 6.30. The number of anilines is 1. The lowest BCUT2D eigenvalue weighted by molar-refractivity contribution is -0.140. The Morgan fingerprint density at radius 2 is 1.60 bits per heavy atom. The zero-order chi connectivity index (χ0) is 28.2. The van der Waals surface area contributed by atoms with Crippen LogP contribution in [0, 0.1) is 5.92 Å². The maximum Gasteiger partial charge on any atom is 0.259 e. The highest BCUT2D eigenvalue weighted by Gasteiger charge is 2.35. The van der Waals surface area contributed by atoms with Crippen molar-refractivity contribution in [3.05, 3.63) is 113 Å². The molecule has 4 aromatic carbocycles. The number of hydrogen-bond acceptors (Lipinski definition) is 3. The summed E-state index contributed by atoms with van der Waals surface area (Å²) in [6.45, 7) is 4.53. The summed E-state index contributed by atoms with van der Waals surface area (Å²) in [5.74, 6) is -0.517. The van der Waals surface area contributed by atoms with Crippen LogP contribution in [0.5, 0.6) is 0 Å². The molecule has 0 saturated carbocycles. The maximum absolute atomic E-state index is 14.2. The van der Waals surface area contributed by atoms with Crippen molar-refractivity contribution in [1.29, 1.82) is 0 Å². The first-order valence-electron chi connectivity index (χ1n) is 13.5. The molecule has 0 radical (unpaired) electrons. The van der Waals surface area contributed by atoms with Gasteiger partial charge in [-0.25, -0.2) is 0 Å². The van der Waals surface area contributed by atoms with Gasteiger partial charge in [0.25, 0.3) is 5.91 Å². The first-order valence-corrected chi connectivity index (χ1v) is 13.9. The summed E-state index contributed by atoms with van der Waals surface area (Å²) in [4.78, 5) is 44.5. The Labute approximate surface area is 239 Å². The van der Waals surface area contributed by atoms with Crippen LogP contribution in [0.3, 0.4) is 0 Å². The third-order valence-corrected chi connectivity index (χ3v) is 7.38. The molecule has 40 heavy (non-hydrogen) atoms. The molecule has 1 aliphatic heterocycles. The molecule has 0 spiro atoms. The molecule has 7 heteroatoms. The van der Waals surface area contributed by atoms with Crippen LogP contribution in [-0.2, 0) is 22.6 Å². The van der Waals surface area contributed by atoms with Crippen molar-refractivity contribution >= 4 is 45.8 Å². The minimum absolute atomic E-state index is 0.172. The number of nitrogens with zero attached hydrogens (tertiary/aromatic N) is 2. The van der Waals surface area contributed by atoms with Gasteiger partial charge in [-0.15, -0.1) is 0 Å². The molecular weight excluding hydrogens is 522 g/mol. The molecule has 0 saturated heterocycles. The van der Waals surface area contributed by atoms with Crippen molar-refractivity contribution in [3.63, 3.8) is 0 Å². The second-order valence-electron chi connectivity index (χ2n) is 10.6. The van der Waals surface area contributed by atoms with Gasteiger partial charge < -0.3 is 10.2 Å². The van der Waals surface area contributed by atoms with Gasteiger partial charge in [-0.05, 0) is 46.7 Å². The third kappa shape index (κ3) is 5.87. The Hall–Kier alpha value is -4.16. The molecular formula is C33H32ClN3O3. The molecule has 0 unspecified atom stereocenters. The van der Waals surface area contributed by atoms with Gasteiger partial charge in [-0.1, -0.05) is 92.2 Å². The molecule has 6 nitrogen and oxygen atoms in total. The summed E-state index contributed by atoms with van der Waals surface area (Å²) < 4.78 is 0. The molecule has 4 aromatic rings. The maximum atomic E-state index is 14.2. The van der Waals surface area contributed by atoms with Gasteiger partial charge >= 0.3 is 0 Å². The fourth-order valence-corrected chi connectivity index (χ4v) is 5.38. The molecule has 0 bridgehead atoms. The van der Waals surface area contributed by atoms with Gasteiger partial charge in [0.05, 0.1) is 5.69 Å². The fourth-order valence-electron chi connectivity index (χ4n) is 5.17. The van der Waals surface area contributed by atoms with E-state index >= 15 is 0 Å². The van der Waals surface area contributed by atoms with Gasteiger partial charge in [0.15, 0.2) is 0 Å². The molecule has 0 aliphatic carbocycles. The summed E-state index contributed by atoms with van der Waals surface area (Å²) in [6, 6.07) is 27.5. The van der Waals surface area contributed by atoms with Crippen LogP contribution < -0.4 is 10.2 Å². The largest absolute Gasteiger partial charge is 0.354 e. The van der Waals surface area contributed by atoms with E-state index in [-0.39, 0.29) is 36.7 Å². The van der Waals surface area contributed by atoms with Gasteiger partial charge in [0.2, 0.25) is 11.8 Å². The number of halogens is 1. The van der Waals surface area contributed by atoms with Crippen LogP contribution in [0.15, 0.2) is 91.0 Å². The summed E-state index contributed by atoms with van der Waals surface area (Å²) >= 11 is 6.28. The zero-order valence-electron chi connectivity index (χ0n) is 22.6. The highest BCUT2D eigenvalue weighted by atomic mass is 35.5. The average Bonchev–Trinajstić information content (AvgIpc) is 3.22. The first-order chi connectivity index (χ1) is 19.3. The summed E-state index contributed by atoms with van der Waals surface area (Å²) in [5.41, 5.74) is 3.02. The second kappa shape index (κ2) is 11.9. The van der Waals surface area contributed by atoms with Crippen molar-refractivity contribution in [1.82, 2.24) is 10.2 Å². The molecule has 204 valence electrons. The number of amides is 3. The molecule has 1 atom stereocenters. The van der Waals surface area contributed by atoms with Gasteiger partial charge in [-0.3, -0.25) is 19.3 Å². The monoisotopic (exact) mass is 553 g/mol. The van der Waals surface area contributed by atoms with E-state index in [2.05, 4.69) is 5.32 Å². The number of benzene rings is 4. The third-order valence-electron chi connectivity index (χ3n) is 7.14. The number of carbonyl (C=O) groups is 3. The SMILES string of the molecule is CC(C)CNC(=O)[C@H](Cc1ccccc1)N(Cc1cccc(Cl)c1)C(=O)CN1C(=O)c2cccc3cccc1c23. The van der Waals surface area contributed by atoms with Crippen LogP contribution in [0.4, 0.5) is 5.69 Å². The fraction of sp³-hybridized carbons (Fsp3) is 0.242. The number of nitrogens with one attached hydrogen (secondary N) is 1. The van der Waals surface area contributed by atoms with Crippen molar-refractivity contribution < 1.29 is 14.4 Å². The molecule has 3 amide bonds. The van der Waals surface area contributed by atoms with Crippen LogP contribution in [0.1, 0.15) is 35.3 Å². The van der Waals surface area contributed by atoms with E-state index in [1.165, 1.54) is 4.90 Å². The molecule has 1 aliphatic rings. The predicted molar refractivity (Wildman–Crippen MR) is 159 cm³/mol. The summed E-state index contributed by atoms with van der Waals surface area (Å²) in [6.07, 6.45) is 0.334. The van der Waals surface area contributed by atoms with E-state index in [1.807, 2.05) is 86.6 Å². The highest BCUT2D eigenvalue weighted by Crippen LogP contribution is 2.37. The normalized spacial score (nSPS) is 13.1. The standard InChI is InChI=1S/C33H32ClN3O3/c1-22(2)19-35-32(39)29(18-23-9-4-3-5-10-23)36(20-24-11-6-14-26(34)17-24)30(38)21-37-28-16-8-13-25-12-7-15-27(31(25)28)33(37)40/h3-17,22,29H,18-21H2,1-2H3,(H,35,39)/t29-/m0/s1. The zero-order valence-corrected chi connectivity index (χ0v) is 23.4. The Morgan fingerprint density at radius 3 is 2.33 bits per heavy atom. The average molecular weight is 554 g/mol. The summed E-state index contributed by atoms with van der Waals surface area (Å²) in [7, 11) is 0. The van der Waals surface area contributed by atoms with E-state index in [9.17, 15) is 14.4 Å². The van der Waals surface area contributed by atoms with Gasteiger partial charge in [0.1, 0.15) is 12.6 Å². The minimum Gasteiger partial charge on any atom is -0.354 e. The number of hydrogen-bond donors (Lipinski definition) is 1. The summed E-state index contributed by atoms with van der Waals surface area (Å²) in [5, 5.41) is 5.37. The molecule has 5 rings (SSSR count). The van der Waals surface area contributed by atoms with E-state index in [1.54, 1.807) is 23.1 Å². The Balaban J connectivity index is 1.50. The Bertz CT molecular complexity index is 1550. The van der Waals surface area contributed by atoms with Crippen molar-refractivity contribution in [2.45, 2.75) is 32.9 Å². The second-order valence-corrected chi connectivity index (χ2v) is 11.0. The Morgan fingerprint density at radius 1 is 0.900 bits per heavy atom. The van der Waals surface area contributed by atoms with Crippen LogP contribution >= 0.6 is 11.6 Å². The molecule has 1 N–H and O–H groups in total. The molecule has 0 fully saturated rings. The quantitative estimate of drug-likeness (QED) is 0.267. The van der Waals surface area contributed by atoms with Crippen LogP contribution in [0.25, 0.3) is 10.8 Å². The van der Waals surface area contributed by atoms with Crippen molar-refractivity contribution in [2.24, 2.45) is 5.92 Å². The number of carbonyl (C=O) groups excluding carboxylic acids is 3. The topological polar surface area (TPSA) is 69.7 Å². The molecule has 0 aromatic heterocycles. The smallest absolute Gasteiger partial charge is 0.259 e.